The fourth-order valence-electron chi connectivity index (χ4n) is 4.43. The zero-order chi connectivity index (χ0) is 15.2. The summed E-state index contributed by atoms with van der Waals surface area (Å²) in [7, 11) is 1.95. The Morgan fingerprint density at radius 1 is 1.23 bits per heavy atom. The molecule has 2 aliphatic heterocycles. The first kappa shape index (κ1) is 14.3. The normalized spacial score (nSPS) is 25.0. The van der Waals surface area contributed by atoms with E-state index in [0.717, 1.165) is 37.5 Å². The van der Waals surface area contributed by atoms with Crippen molar-refractivity contribution in [3.05, 3.63) is 24.0 Å². The van der Waals surface area contributed by atoms with Crippen LogP contribution in [0.1, 0.15) is 49.0 Å². The van der Waals surface area contributed by atoms with Gasteiger partial charge in [-0.1, -0.05) is 0 Å². The summed E-state index contributed by atoms with van der Waals surface area (Å²) in [6.45, 7) is 4.43. The first-order valence-electron chi connectivity index (χ1n) is 8.84. The summed E-state index contributed by atoms with van der Waals surface area (Å²) in [4.78, 5) is 17.5. The number of hydrogen-bond donors (Lipinski definition) is 0. The summed E-state index contributed by atoms with van der Waals surface area (Å²) in [6.07, 6.45) is 9.83. The molecule has 1 aliphatic carbocycles. The first-order valence-corrected chi connectivity index (χ1v) is 8.84. The lowest BCUT2D eigenvalue weighted by atomic mass is 9.84. The standard InChI is InChI=1S/C18H27N3O/c1-19-10-2-4-16(19)17(22)20-12-8-18(9-13-20)7-3-11-21(18)14-15-5-6-15/h2,4,10,15H,3,5-9,11-14H2,1H3. The molecule has 3 heterocycles. The smallest absolute Gasteiger partial charge is 0.270 e. The van der Waals surface area contributed by atoms with Gasteiger partial charge in [-0.05, 0) is 63.1 Å². The molecule has 4 heteroatoms. The first-order chi connectivity index (χ1) is 10.7. The maximum absolute atomic E-state index is 12.6. The molecular weight excluding hydrogens is 274 g/mol. The van der Waals surface area contributed by atoms with Crippen molar-refractivity contribution in [3.63, 3.8) is 0 Å². The van der Waals surface area contributed by atoms with Crippen LogP contribution in [0.3, 0.4) is 0 Å². The fraction of sp³-hybridized carbons (Fsp3) is 0.722. The van der Waals surface area contributed by atoms with Gasteiger partial charge in [0, 0.05) is 38.4 Å². The molecule has 4 nitrogen and oxygen atoms in total. The van der Waals surface area contributed by atoms with Gasteiger partial charge in [-0.2, -0.15) is 0 Å². The van der Waals surface area contributed by atoms with E-state index >= 15 is 0 Å². The van der Waals surface area contributed by atoms with Gasteiger partial charge in [-0.15, -0.1) is 0 Å². The van der Waals surface area contributed by atoms with Crippen LogP contribution in [0.4, 0.5) is 0 Å². The third kappa shape index (κ3) is 2.47. The van der Waals surface area contributed by atoms with Crippen molar-refractivity contribution >= 4 is 5.91 Å². The van der Waals surface area contributed by atoms with Gasteiger partial charge in [-0.25, -0.2) is 0 Å². The number of rotatable bonds is 3. The van der Waals surface area contributed by atoms with Crippen LogP contribution in [-0.4, -0.2) is 52.0 Å². The predicted molar refractivity (Wildman–Crippen MR) is 86.8 cm³/mol. The molecule has 120 valence electrons. The van der Waals surface area contributed by atoms with Crippen LogP contribution >= 0.6 is 0 Å². The van der Waals surface area contributed by atoms with E-state index in [0.29, 0.717) is 5.54 Å². The Hall–Kier alpha value is -1.29. The lowest BCUT2D eigenvalue weighted by Crippen LogP contribution is -2.53. The van der Waals surface area contributed by atoms with E-state index in [1.165, 1.54) is 38.8 Å². The largest absolute Gasteiger partial charge is 0.347 e. The summed E-state index contributed by atoms with van der Waals surface area (Å²) in [5.74, 6) is 1.17. The minimum absolute atomic E-state index is 0.203. The van der Waals surface area contributed by atoms with E-state index in [-0.39, 0.29) is 5.91 Å². The maximum Gasteiger partial charge on any atom is 0.270 e. The van der Waals surface area contributed by atoms with Gasteiger partial charge < -0.3 is 9.47 Å². The molecule has 4 rings (SSSR count). The number of aryl methyl sites for hydroxylation is 1. The van der Waals surface area contributed by atoms with Crippen LogP contribution in [0.25, 0.3) is 0 Å². The van der Waals surface area contributed by atoms with Gasteiger partial charge in [0.15, 0.2) is 0 Å². The van der Waals surface area contributed by atoms with Gasteiger partial charge in [0.2, 0.25) is 0 Å². The number of aromatic nitrogens is 1. The number of likely N-dealkylation sites (tertiary alicyclic amines) is 2. The molecule has 0 aromatic carbocycles. The van der Waals surface area contributed by atoms with E-state index in [2.05, 4.69) is 9.80 Å². The number of carbonyl (C=O) groups excluding carboxylic acids is 1. The van der Waals surface area contributed by atoms with Gasteiger partial charge in [0.25, 0.3) is 5.91 Å². The SMILES string of the molecule is Cn1cccc1C(=O)N1CCC2(CCCN2CC2CC2)CC1. The number of carbonyl (C=O) groups is 1. The molecule has 0 bridgehead atoms. The fourth-order valence-corrected chi connectivity index (χ4v) is 4.43. The summed E-state index contributed by atoms with van der Waals surface area (Å²) < 4.78 is 1.93. The average molecular weight is 301 g/mol. The predicted octanol–water partition coefficient (Wildman–Crippen LogP) is 2.51. The van der Waals surface area contributed by atoms with Crippen molar-refractivity contribution in [1.29, 1.82) is 0 Å². The van der Waals surface area contributed by atoms with E-state index in [9.17, 15) is 4.79 Å². The highest BCUT2D eigenvalue weighted by Gasteiger charge is 2.45. The van der Waals surface area contributed by atoms with Crippen molar-refractivity contribution in [2.45, 2.75) is 44.1 Å². The van der Waals surface area contributed by atoms with Crippen LogP contribution in [0.15, 0.2) is 18.3 Å². The summed E-state index contributed by atoms with van der Waals surface area (Å²) in [6, 6.07) is 3.88. The number of piperidine rings is 1. The summed E-state index contributed by atoms with van der Waals surface area (Å²) >= 11 is 0. The molecule has 0 atom stereocenters. The van der Waals surface area contributed by atoms with Crippen molar-refractivity contribution in [3.8, 4) is 0 Å². The van der Waals surface area contributed by atoms with Crippen LogP contribution in [0.5, 0.6) is 0 Å². The quantitative estimate of drug-likeness (QED) is 0.858. The second kappa shape index (κ2) is 5.41. The molecule has 22 heavy (non-hydrogen) atoms. The van der Waals surface area contributed by atoms with Crippen LogP contribution in [0.2, 0.25) is 0 Å². The highest BCUT2D eigenvalue weighted by atomic mass is 16.2. The Bertz CT molecular complexity index is 552. The minimum Gasteiger partial charge on any atom is -0.347 e. The van der Waals surface area contributed by atoms with Crippen molar-refractivity contribution in [2.24, 2.45) is 13.0 Å². The molecule has 1 aromatic heterocycles. The highest BCUT2D eigenvalue weighted by Crippen LogP contribution is 2.41. The van der Waals surface area contributed by atoms with Crippen LogP contribution in [0, 0.1) is 5.92 Å². The van der Waals surface area contributed by atoms with Crippen molar-refractivity contribution in [2.75, 3.05) is 26.2 Å². The molecule has 3 fully saturated rings. The zero-order valence-electron chi connectivity index (χ0n) is 13.6. The van der Waals surface area contributed by atoms with Gasteiger partial charge >= 0.3 is 0 Å². The number of hydrogen-bond acceptors (Lipinski definition) is 2. The Labute approximate surface area is 133 Å². The molecular formula is C18H27N3O. The minimum atomic E-state index is 0.203. The Morgan fingerprint density at radius 2 is 2.00 bits per heavy atom. The Balaban J connectivity index is 1.41. The van der Waals surface area contributed by atoms with E-state index in [1.54, 1.807) is 0 Å². The van der Waals surface area contributed by atoms with Crippen LogP contribution < -0.4 is 0 Å². The third-order valence-corrected chi connectivity index (χ3v) is 6.06. The summed E-state index contributed by atoms with van der Waals surface area (Å²) in [5.41, 5.74) is 1.23. The van der Waals surface area contributed by atoms with E-state index in [1.807, 2.05) is 29.9 Å². The van der Waals surface area contributed by atoms with E-state index < -0.39 is 0 Å². The Kier molecular flexibility index (Phi) is 3.52. The zero-order valence-corrected chi connectivity index (χ0v) is 13.6. The lowest BCUT2D eigenvalue weighted by Gasteiger charge is -2.45. The monoisotopic (exact) mass is 301 g/mol. The maximum atomic E-state index is 12.6. The molecule has 1 aromatic rings. The molecule has 1 saturated carbocycles. The highest BCUT2D eigenvalue weighted by molar-refractivity contribution is 5.92. The van der Waals surface area contributed by atoms with Crippen LogP contribution in [-0.2, 0) is 7.05 Å². The topological polar surface area (TPSA) is 28.5 Å². The lowest BCUT2D eigenvalue weighted by molar-refractivity contribution is 0.0391. The number of nitrogens with zero attached hydrogens (tertiary/aromatic N) is 3. The second-order valence-corrected chi connectivity index (χ2v) is 7.51. The van der Waals surface area contributed by atoms with Gasteiger partial charge in [0.05, 0.1) is 0 Å². The molecule has 0 unspecified atom stereocenters. The average Bonchev–Trinajstić information content (AvgIpc) is 3.12. The molecule has 1 spiro atoms. The molecule has 0 radical (unpaired) electrons. The molecule has 2 saturated heterocycles. The molecule has 3 aliphatic rings. The van der Waals surface area contributed by atoms with Gasteiger partial charge in [0.1, 0.15) is 5.69 Å². The van der Waals surface area contributed by atoms with Gasteiger partial charge in [-0.3, -0.25) is 9.69 Å². The molecule has 0 N–H and O–H groups in total. The third-order valence-electron chi connectivity index (χ3n) is 6.06. The number of amides is 1. The summed E-state index contributed by atoms with van der Waals surface area (Å²) in [5, 5.41) is 0. The van der Waals surface area contributed by atoms with Crippen molar-refractivity contribution in [1.82, 2.24) is 14.4 Å². The second-order valence-electron chi connectivity index (χ2n) is 7.51. The van der Waals surface area contributed by atoms with Crippen molar-refractivity contribution < 1.29 is 4.79 Å². The Morgan fingerprint density at radius 3 is 2.64 bits per heavy atom. The van der Waals surface area contributed by atoms with E-state index in [4.69, 9.17) is 0 Å². The molecule has 1 amide bonds.